The van der Waals surface area contributed by atoms with Crippen LogP contribution >= 0.6 is 0 Å². The monoisotopic (exact) mass is 281 g/mol. The van der Waals surface area contributed by atoms with Crippen molar-refractivity contribution in [2.75, 3.05) is 26.2 Å². The molecule has 0 radical (unpaired) electrons. The molecule has 2 N–H and O–H groups in total. The Morgan fingerprint density at radius 3 is 2.30 bits per heavy atom. The van der Waals surface area contributed by atoms with Crippen molar-refractivity contribution < 1.29 is 0 Å². The van der Waals surface area contributed by atoms with E-state index in [1.54, 1.807) is 0 Å². The smallest absolute Gasteiger partial charge is 0.0296 e. The zero-order valence-electron chi connectivity index (χ0n) is 14.1. The van der Waals surface area contributed by atoms with E-state index < -0.39 is 0 Å². The van der Waals surface area contributed by atoms with Crippen LogP contribution in [0, 0.1) is 5.41 Å². The molecule has 118 valence electrons. The van der Waals surface area contributed by atoms with Crippen LogP contribution < -0.4 is 5.73 Å². The van der Waals surface area contributed by atoms with Gasteiger partial charge in [-0.25, -0.2) is 0 Å². The average molecular weight is 281 g/mol. The van der Waals surface area contributed by atoms with Crippen LogP contribution in [0.4, 0.5) is 0 Å². The number of rotatable bonds is 4. The van der Waals surface area contributed by atoms with Gasteiger partial charge in [-0.2, -0.15) is 0 Å². The van der Waals surface area contributed by atoms with Gasteiger partial charge in [-0.05, 0) is 44.2 Å². The summed E-state index contributed by atoms with van der Waals surface area (Å²) in [6, 6.07) is 1.60. The third-order valence-electron chi connectivity index (χ3n) is 5.26. The van der Waals surface area contributed by atoms with E-state index in [4.69, 9.17) is 5.73 Å². The minimum Gasteiger partial charge on any atom is -0.326 e. The maximum absolute atomic E-state index is 6.45. The molecule has 20 heavy (non-hydrogen) atoms. The highest BCUT2D eigenvalue weighted by Crippen LogP contribution is 2.31. The topological polar surface area (TPSA) is 32.5 Å². The van der Waals surface area contributed by atoms with Gasteiger partial charge in [-0.3, -0.25) is 9.80 Å². The normalized spacial score (nSPS) is 29.6. The van der Waals surface area contributed by atoms with E-state index >= 15 is 0 Å². The van der Waals surface area contributed by atoms with Crippen LogP contribution in [0.15, 0.2) is 0 Å². The first-order valence-electron chi connectivity index (χ1n) is 8.67. The molecule has 2 fully saturated rings. The number of nitrogens with two attached hydrogens (primary N) is 1. The molecule has 0 aromatic rings. The van der Waals surface area contributed by atoms with Crippen LogP contribution in [-0.2, 0) is 0 Å². The highest BCUT2D eigenvalue weighted by Gasteiger charge is 2.39. The molecule has 2 rings (SSSR count). The zero-order valence-corrected chi connectivity index (χ0v) is 14.1. The minimum atomic E-state index is 0.270. The van der Waals surface area contributed by atoms with Crippen LogP contribution in [0.3, 0.4) is 0 Å². The van der Waals surface area contributed by atoms with Gasteiger partial charge in [0.05, 0.1) is 0 Å². The molecule has 3 nitrogen and oxygen atoms in total. The van der Waals surface area contributed by atoms with Gasteiger partial charge in [0.1, 0.15) is 0 Å². The highest BCUT2D eigenvalue weighted by molar-refractivity contribution is 4.96. The van der Waals surface area contributed by atoms with Crippen molar-refractivity contribution in [2.24, 2.45) is 11.1 Å². The molecule has 2 aliphatic heterocycles. The van der Waals surface area contributed by atoms with E-state index in [0.29, 0.717) is 12.1 Å². The lowest BCUT2D eigenvalue weighted by molar-refractivity contribution is 0.0843. The molecule has 2 heterocycles. The second-order valence-electron chi connectivity index (χ2n) is 7.92. The molecule has 0 aromatic carbocycles. The minimum absolute atomic E-state index is 0.270. The number of hydrogen-bond donors (Lipinski definition) is 1. The Balaban J connectivity index is 1.98. The number of hydrogen-bond acceptors (Lipinski definition) is 3. The Morgan fingerprint density at radius 1 is 1.10 bits per heavy atom. The van der Waals surface area contributed by atoms with Crippen LogP contribution in [0.25, 0.3) is 0 Å². The fraction of sp³-hybridized carbons (Fsp3) is 1.00. The van der Waals surface area contributed by atoms with Crippen LogP contribution in [0.2, 0.25) is 0 Å². The van der Waals surface area contributed by atoms with Gasteiger partial charge < -0.3 is 5.73 Å². The first kappa shape index (κ1) is 16.3. The quantitative estimate of drug-likeness (QED) is 0.860. The van der Waals surface area contributed by atoms with Crippen molar-refractivity contribution in [3.8, 4) is 0 Å². The van der Waals surface area contributed by atoms with E-state index in [1.165, 1.54) is 51.9 Å². The summed E-state index contributed by atoms with van der Waals surface area (Å²) in [4.78, 5) is 5.42. The van der Waals surface area contributed by atoms with E-state index in [2.05, 4.69) is 37.5 Å². The van der Waals surface area contributed by atoms with Gasteiger partial charge in [0.2, 0.25) is 0 Å². The molecule has 0 spiro atoms. The lowest BCUT2D eigenvalue weighted by Gasteiger charge is -2.42. The zero-order chi connectivity index (χ0) is 14.8. The summed E-state index contributed by atoms with van der Waals surface area (Å²) in [6.07, 6.45) is 6.63. The Kier molecular flexibility index (Phi) is 5.49. The van der Waals surface area contributed by atoms with Crippen molar-refractivity contribution in [3.05, 3.63) is 0 Å². The molecule has 0 amide bonds. The van der Waals surface area contributed by atoms with E-state index in [0.717, 1.165) is 12.5 Å². The molecule has 3 unspecified atom stereocenters. The standard InChI is InChI=1S/C17H35N3/c1-5-15(18)16(17(2,3)4)20-12-9-14(13-20)19-10-7-6-8-11-19/h14-16H,5-13,18H2,1-4H3. The first-order valence-corrected chi connectivity index (χ1v) is 8.67. The predicted octanol–water partition coefficient (Wildman–Crippen LogP) is 2.70. The Hall–Kier alpha value is -0.120. The van der Waals surface area contributed by atoms with Crippen LogP contribution in [0.5, 0.6) is 0 Å². The predicted molar refractivity (Wildman–Crippen MR) is 86.9 cm³/mol. The summed E-state index contributed by atoms with van der Waals surface area (Å²) >= 11 is 0. The number of piperidine rings is 1. The third-order valence-corrected chi connectivity index (χ3v) is 5.26. The third kappa shape index (κ3) is 3.75. The van der Waals surface area contributed by atoms with E-state index in [-0.39, 0.29) is 5.41 Å². The summed E-state index contributed by atoms with van der Waals surface area (Å²) in [5, 5.41) is 0. The largest absolute Gasteiger partial charge is 0.326 e. The lowest BCUT2D eigenvalue weighted by atomic mass is 9.80. The molecular weight excluding hydrogens is 246 g/mol. The van der Waals surface area contributed by atoms with Crippen molar-refractivity contribution in [1.29, 1.82) is 0 Å². The molecule has 0 bridgehead atoms. The van der Waals surface area contributed by atoms with Gasteiger partial charge in [0.25, 0.3) is 0 Å². The molecule has 3 heteroatoms. The molecular formula is C17H35N3. The fourth-order valence-corrected chi connectivity index (χ4v) is 4.29. The molecule has 3 atom stereocenters. The second-order valence-corrected chi connectivity index (χ2v) is 7.92. The van der Waals surface area contributed by atoms with Gasteiger partial charge >= 0.3 is 0 Å². The van der Waals surface area contributed by atoms with Crippen molar-refractivity contribution in [1.82, 2.24) is 9.80 Å². The Morgan fingerprint density at radius 2 is 1.75 bits per heavy atom. The SMILES string of the molecule is CCC(N)C(N1CCC(N2CCCCC2)C1)C(C)(C)C. The van der Waals surface area contributed by atoms with Gasteiger partial charge in [-0.1, -0.05) is 34.1 Å². The van der Waals surface area contributed by atoms with E-state index in [1.807, 2.05) is 0 Å². The van der Waals surface area contributed by atoms with Crippen molar-refractivity contribution >= 4 is 0 Å². The maximum Gasteiger partial charge on any atom is 0.0296 e. The number of nitrogens with zero attached hydrogens (tertiary/aromatic N) is 2. The van der Waals surface area contributed by atoms with E-state index in [9.17, 15) is 0 Å². The van der Waals surface area contributed by atoms with Gasteiger partial charge in [0, 0.05) is 31.2 Å². The molecule has 2 aliphatic rings. The number of likely N-dealkylation sites (tertiary alicyclic amines) is 2. The summed E-state index contributed by atoms with van der Waals surface area (Å²) in [5.41, 5.74) is 6.72. The summed E-state index contributed by atoms with van der Waals surface area (Å²) in [7, 11) is 0. The summed E-state index contributed by atoms with van der Waals surface area (Å²) < 4.78 is 0. The first-order chi connectivity index (χ1) is 9.43. The fourth-order valence-electron chi connectivity index (χ4n) is 4.29. The lowest BCUT2D eigenvalue weighted by Crippen LogP contribution is -2.54. The molecule has 2 saturated heterocycles. The van der Waals surface area contributed by atoms with Crippen LogP contribution in [-0.4, -0.2) is 54.1 Å². The van der Waals surface area contributed by atoms with Crippen LogP contribution in [0.1, 0.15) is 59.8 Å². The summed E-state index contributed by atoms with van der Waals surface area (Å²) in [5.74, 6) is 0. The summed E-state index contributed by atoms with van der Waals surface area (Å²) in [6.45, 7) is 14.4. The Labute approximate surface area is 125 Å². The van der Waals surface area contributed by atoms with Crippen molar-refractivity contribution in [3.63, 3.8) is 0 Å². The van der Waals surface area contributed by atoms with Gasteiger partial charge in [0.15, 0.2) is 0 Å². The average Bonchev–Trinajstić information content (AvgIpc) is 2.87. The highest BCUT2D eigenvalue weighted by atomic mass is 15.3. The molecule has 0 saturated carbocycles. The van der Waals surface area contributed by atoms with Gasteiger partial charge in [-0.15, -0.1) is 0 Å². The second kappa shape index (κ2) is 6.76. The molecule has 0 aromatic heterocycles. The van der Waals surface area contributed by atoms with Crippen molar-refractivity contribution in [2.45, 2.75) is 77.9 Å². The molecule has 0 aliphatic carbocycles. The Bertz CT molecular complexity index is 291. The maximum atomic E-state index is 6.45.